The number of rotatable bonds is 3. The topological polar surface area (TPSA) is 59.7 Å². The van der Waals surface area contributed by atoms with Gasteiger partial charge in [-0.05, 0) is 18.8 Å². The van der Waals surface area contributed by atoms with Crippen LogP contribution in [-0.2, 0) is 12.0 Å². The van der Waals surface area contributed by atoms with Crippen LogP contribution in [-0.4, -0.2) is 37.2 Å². The van der Waals surface area contributed by atoms with Gasteiger partial charge in [-0.15, -0.1) is 0 Å². The van der Waals surface area contributed by atoms with Crippen LogP contribution in [0.2, 0.25) is 0 Å². The van der Waals surface area contributed by atoms with E-state index in [4.69, 9.17) is 4.98 Å². The third-order valence-electron chi connectivity index (χ3n) is 3.79. The summed E-state index contributed by atoms with van der Waals surface area (Å²) in [5.74, 6) is 1.54. The average Bonchev–Trinajstić information content (AvgIpc) is 3.09. The molecular formula is C14H22N6S. The molecule has 7 heteroatoms. The van der Waals surface area contributed by atoms with Crippen LogP contribution >= 0.6 is 11.5 Å². The molecule has 3 rings (SSSR count). The molecule has 0 N–H and O–H groups in total. The van der Waals surface area contributed by atoms with Crippen LogP contribution in [0, 0.1) is 5.92 Å². The molecule has 21 heavy (non-hydrogen) atoms. The Hall–Kier alpha value is -1.50. The second-order valence-corrected chi connectivity index (χ2v) is 7.45. The highest BCUT2D eigenvalue weighted by atomic mass is 32.1. The second kappa shape index (κ2) is 5.71. The number of hydrogen-bond acceptors (Lipinski definition) is 6. The van der Waals surface area contributed by atoms with Gasteiger partial charge in [-0.1, -0.05) is 20.8 Å². The molecule has 0 amide bonds. The summed E-state index contributed by atoms with van der Waals surface area (Å²) in [6, 6.07) is 0. The molecule has 0 aliphatic carbocycles. The van der Waals surface area contributed by atoms with E-state index in [1.165, 1.54) is 24.4 Å². The first-order chi connectivity index (χ1) is 10.0. The molecule has 0 spiro atoms. The van der Waals surface area contributed by atoms with Gasteiger partial charge in [-0.25, -0.2) is 9.97 Å². The Morgan fingerprint density at radius 3 is 2.90 bits per heavy atom. The van der Waals surface area contributed by atoms with Crippen molar-refractivity contribution in [3.8, 4) is 0 Å². The van der Waals surface area contributed by atoms with E-state index in [1.54, 1.807) is 12.7 Å². The predicted molar refractivity (Wildman–Crippen MR) is 83.6 cm³/mol. The zero-order valence-electron chi connectivity index (χ0n) is 12.9. The summed E-state index contributed by atoms with van der Waals surface area (Å²) < 4.78 is 6.45. The molecule has 1 atom stereocenters. The maximum absolute atomic E-state index is 4.74. The van der Waals surface area contributed by atoms with Gasteiger partial charge in [-0.3, -0.25) is 4.68 Å². The van der Waals surface area contributed by atoms with E-state index in [9.17, 15) is 0 Å². The van der Waals surface area contributed by atoms with Gasteiger partial charge in [0.2, 0.25) is 5.13 Å². The van der Waals surface area contributed by atoms with Crippen molar-refractivity contribution < 1.29 is 0 Å². The molecule has 0 saturated carbocycles. The van der Waals surface area contributed by atoms with Gasteiger partial charge < -0.3 is 4.90 Å². The summed E-state index contributed by atoms with van der Waals surface area (Å²) >= 11 is 1.52. The first kappa shape index (κ1) is 14.4. The molecule has 1 saturated heterocycles. The first-order valence-corrected chi connectivity index (χ1v) is 8.21. The Kier molecular flexibility index (Phi) is 3.93. The molecule has 1 aliphatic heterocycles. The van der Waals surface area contributed by atoms with E-state index in [1.807, 2.05) is 4.68 Å². The highest BCUT2D eigenvalue weighted by Gasteiger charge is 2.25. The number of nitrogens with zero attached hydrogens (tertiary/aromatic N) is 6. The third kappa shape index (κ3) is 3.40. The van der Waals surface area contributed by atoms with E-state index >= 15 is 0 Å². The van der Waals surface area contributed by atoms with Crippen LogP contribution in [0.1, 0.15) is 39.4 Å². The number of piperidine rings is 1. The number of aromatic nitrogens is 5. The number of hydrogen-bond donors (Lipinski definition) is 0. The summed E-state index contributed by atoms with van der Waals surface area (Å²) in [7, 11) is 0. The Morgan fingerprint density at radius 1 is 1.38 bits per heavy atom. The molecule has 0 radical (unpaired) electrons. The van der Waals surface area contributed by atoms with Crippen molar-refractivity contribution in [3.63, 3.8) is 0 Å². The largest absolute Gasteiger partial charge is 0.347 e. The average molecular weight is 306 g/mol. The molecule has 2 aromatic heterocycles. The monoisotopic (exact) mass is 306 g/mol. The van der Waals surface area contributed by atoms with Crippen molar-refractivity contribution in [2.75, 3.05) is 18.0 Å². The fraction of sp³-hybridized carbons (Fsp3) is 0.714. The van der Waals surface area contributed by atoms with E-state index in [-0.39, 0.29) is 5.41 Å². The molecular weight excluding hydrogens is 284 g/mol. The quantitative estimate of drug-likeness (QED) is 0.871. The summed E-state index contributed by atoms with van der Waals surface area (Å²) in [5.41, 5.74) is 0.0185. The summed E-state index contributed by atoms with van der Waals surface area (Å²) in [5, 5.41) is 5.26. The van der Waals surface area contributed by atoms with Gasteiger partial charge in [0, 0.05) is 36.6 Å². The minimum absolute atomic E-state index is 0.0185. The molecule has 1 fully saturated rings. The lowest BCUT2D eigenvalue weighted by molar-refractivity contribution is 0.351. The molecule has 3 heterocycles. The first-order valence-electron chi connectivity index (χ1n) is 7.44. The predicted octanol–water partition coefficient (Wildman–Crippen LogP) is 2.34. The van der Waals surface area contributed by atoms with Gasteiger partial charge in [0.1, 0.15) is 18.5 Å². The van der Waals surface area contributed by atoms with Crippen molar-refractivity contribution in [2.45, 2.75) is 45.6 Å². The molecule has 0 bridgehead atoms. The highest BCUT2D eigenvalue weighted by Crippen LogP contribution is 2.28. The lowest BCUT2D eigenvalue weighted by atomic mass is 9.96. The Balaban J connectivity index is 1.67. The lowest BCUT2D eigenvalue weighted by Gasteiger charge is -2.32. The Morgan fingerprint density at radius 2 is 2.24 bits per heavy atom. The molecule has 6 nitrogen and oxygen atoms in total. The smallest absolute Gasteiger partial charge is 0.205 e. The molecule has 0 aromatic carbocycles. The summed E-state index contributed by atoms with van der Waals surface area (Å²) in [6.45, 7) is 9.50. The third-order valence-corrected chi connectivity index (χ3v) is 4.56. The van der Waals surface area contributed by atoms with E-state index < -0.39 is 0 Å². The van der Waals surface area contributed by atoms with Crippen LogP contribution in [0.25, 0.3) is 0 Å². The zero-order chi connectivity index (χ0) is 14.9. The normalized spacial score (nSPS) is 20.0. The van der Waals surface area contributed by atoms with Crippen LogP contribution in [0.5, 0.6) is 0 Å². The minimum Gasteiger partial charge on any atom is -0.347 e. The van der Waals surface area contributed by atoms with E-state index in [2.05, 4.69) is 40.1 Å². The van der Waals surface area contributed by atoms with Crippen molar-refractivity contribution in [1.29, 1.82) is 0 Å². The van der Waals surface area contributed by atoms with Crippen molar-refractivity contribution in [3.05, 3.63) is 18.5 Å². The molecule has 2 aromatic rings. The SMILES string of the molecule is CC(C)(C)c1nsc(N2CCCC(Cn3cncn3)C2)n1. The Labute approximate surface area is 129 Å². The van der Waals surface area contributed by atoms with Crippen LogP contribution in [0.4, 0.5) is 5.13 Å². The molecule has 114 valence electrons. The van der Waals surface area contributed by atoms with Gasteiger partial charge in [0.25, 0.3) is 0 Å². The Bertz CT molecular complexity index is 571. The van der Waals surface area contributed by atoms with Crippen molar-refractivity contribution in [2.24, 2.45) is 5.92 Å². The van der Waals surface area contributed by atoms with E-state index in [0.717, 1.165) is 30.6 Å². The molecule has 1 unspecified atom stereocenters. The van der Waals surface area contributed by atoms with Crippen LogP contribution < -0.4 is 4.90 Å². The van der Waals surface area contributed by atoms with E-state index in [0.29, 0.717) is 5.92 Å². The number of anilines is 1. The van der Waals surface area contributed by atoms with Crippen LogP contribution in [0.15, 0.2) is 12.7 Å². The van der Waals surface area contributed by atoms with Crippen molar-refractivity contribution in [1.82, 2.24) is 24.1 Å². The fourth-order valence-electron chi connectivity index (χ4n) is 2.63. The summed E-state index contributed by atoms with van der Waals surface area (Å²) in [4.78, 5) is 11.1. The maximum atomic E-state index is 4.74. The zero-order valence-corrected chi connectivity index (χ0v) is 13.7. The maximum Gasteiger partial charge on any atom is 0.205 e. The fourth-order valence-corrected chi connectivity index (χ4v) is 3.52. The van der Waals surface area contributed by atoms with Crippen LogP contribution in [0.3, 0.4) is 0 Å². The van der Waals surface area contributed by atoms with Gasteiger partial charge in [0.05, 0.1) is 0 Å². The minimum atomic E-state index is 0.0185. The lowest BCUT2D eigenvalue weighted by Crippen LogP contribution is -2.37. The van der Waals surface area contributed by atoms with Gasteiger partial charge in [-0.2, -0.15) is 9.47 Å². The molecule has 1 aliphatic rings. The highest BCUT2D eigenvalue weighted by molar-refractivity contribution is 7.09. The second-order valence-electron chi connectivity index (χ2n) is 6.72. The van der Waals surface area contributed by atoms with Gasteiger partial charge >= 0.3 is 0 Å². The van der Waals surface area contributed by atoms with Crippen molar-refractivity contribution >= 4 is 16.7 Å². The summed E-state index contributed by atoms with van der Waals surface area (Å²) in [6.07, 6.45) is 5.83. The standard InChI is InChI=1S/C14H22N6S/c1-14(2,3)12-17-13(21-18-12)19-6-4-5-11(7-19)8-20-10-15-9-16-20/h9-11H,4-8H2,1-3H3. The van der Waals surface area contributed by atoms with Gasteiger partial charge in [0.15, 0.2) is 0 Å².